The summed E-state index contributed by atoms with van der Waals surface area (Å²) in [6.07, 6.45) is 3.62. The number of hydrogen-bond acceptors (Lipinski definition) is 4. The monoisotopic (exact) mass is 276 g/mol. The van der Waals surface area contributed by atoms with Crippen LogP contribution in [0.1, 0.15) is 32.3 Å². The molecule has 0 saturated heterocycles. The van der Waals surface area contributed by atoms with Crippen molar-refractivity contribution in [3.63, 3.8) is 0 Å². The highest BCUT2D eigenvalue weighted by Crippen LogP contribution is 2.23. The number of thioether (sulfide) groups is 1. The van der Waals surface area contributed by atoms with Gasteiger partial charge >= 0.3 is 0 Å². The molecular weight excluding hydrogens is 256 g/mol. The fourth-order valence-electron chi connectivity index (χ4n) is 1.54. The molecule has 0 aliphatic carbocycles. The molecule has 2 aromatic rings. The van der Waals surface area contributed by atoms with Gasteiger partial charge in [-0.1, -0.05) is 0 Å². The summed E-state index contributed by atoms with van der Waals surface area (Å²) in [6.45, 7) is 7.21. The average molecular weight is 276 g/mol. The fourth-order valence-corrected chi connectivity index (χ4v) is 2.31. The molecule has 0 bridgehead atoms. The summed E-state index contributed by atoms with van der Waals surface area (Å²) < 4.78 is 5.80. The van der Waals surface area contributed by atoms with E-state index in [1.807, 2.05) is 36.7 Å². The van der Waals surface area contributed by atoms with Gasteiger partial charge in [0, 0.05) is 22.8 Å². The van der Waals surface area contributed by atoms with Gasteiger partial charge in [0.05, 0.1) is 12.3 Å². The minimum Gasteiger partial charge on any atom is -0.464 e. The minimum absolute atomic E-state index is 0.110. The van der Waals surface area contributed by atoms with Crippen LogP contribution in [0.4, 0.5) is 0 Å². The molecule has 4 heteroatoms. The number of furan rings is 1. The summed E-state index contributed by atoms with van der Waals surface area (Å²) in [7, 11) is 0. The highest BCUT2D eigenvalue weighted by molar-refractivity contribution is 7.98. The number of aromatic nitrogens is 1. The van der Waals surface area contributed by atoms with E-state index in [0.717, 1.165) is 23.8 Å². The first-order chi connectivity index (χ1) is 9.03. The standard InChI is InChI=1S/C15H20N2OS/c1-15(2,3)17-10-12-4-5-13(18-12)11-19-14-6-8-16-9-7-14/h4-9,17H,10-11H2,1-3H3. The van der Waals surface area contributed by atoms with Crippen molar-refractivity contribution in [3.05, 3.63) is 48.2 Å². The van der Waals surface area contributed by atoms with Crippen molar-refractivity contribution in [2.75, 3.05) is 0 Å². The van der Waals surface area contributed by atoms with Gasteiger partial charge in [-0.3, -0.25) is 4.98 Å². The van der Waals surface area contributed by atoms with E-state index in [1.165, 1.54) is 4.90 Å². The van der Waals surface area contributed by atoms with Gasteiger partial charge < -0.3 is 9.73 Å². The Bertz CT molecular complexity index is 502. The van der Waals surface area contributed by atoms with Crippen molar-refractivity contribution in [1.82, 2.24) is 10.3 Å². The summed E-state index contributed by atoms with van der Waals surface area (Å²) in [6, 6.07) is 8.11. The molecule has 2 rings (SSSR count). The summed E-state index contributed by atoms with van der Waals surface area (Å²) in [4.78, 5) is 5.22. The van der Waals surface area contributed by atoms with E-state index in [4.69, 9.17) is 4.42 Å². The molecule has 0 fully saturated rings. The van der Waals surface area contributed by atoms with Gasteiger partial charge in [-0.25, -0.2) is 0 Å². The zero-order chi connectivity index (χ0) is 13.7. The maximum Gasteiger partial charge on any atom is 0.118 e. The van der Waals surface area contributed by atoms with Crippen molar-refractivity contribution in [1.29, 1.82) is 0 Å². The van der Waals surface area contributed by atoms with Crippen molar-refractivity contribution >= 4 is 11.8 Å². The van der Waals surface area contributed by atoms with Gasteiger partial charge in [0.1, 0.15) is 11.5 Å². The Morgan fingerprint density at radius 3 is 2.47 bits per heavy atom. The van der Waals surface area contributed by atoms with Crippen molar-refractivity contribution in [2.24, 2.45) is 0 Å². The Hall–Kier alpha value is -1.26. The zero-order valence-corrected chi connectivity index (χ0v) is 12.5. The van der Waals surface area contributed by atoms with Crippen LogP contribution in [0.2, 0.25) is 0 Å². The van der Waals surface area contributed by atoms with Gasteiger partial charge in [-0.05, 0) is 45.0 Å². The van der Waals surface area contributed by atoms with Crippen LogP contribution < -0.4 is 5.32 Å². The predicted octanol–water partition coefficient (Wildman–Crippen LogP) is 3.86. The molecule has 0 radical (unpaired) electrons. The highest BCUT2D eigenvalue weighted by Gasteiger charge is 2.10. The number of hydrogen-bond donors (Lipinski definition) is 1. The molecule has 2 heterocycles. The van der Waals surface area contributed by atoms with Crippen LogP contribution in [-0.2, 0) is 12.3 Å². The Morgan fingerprint density at radius 1 is 1.11 bits per heavy atom. The largest absolute Gasteiger partial charge is 0.464 e. The number of nitrogens with zero attached hydrogens (tertiary/aromatic N) is 1. The summed E-state index contributed by atoms with van der Waals surface area (Å²) >= 11 is 1.76. The van der Waals surface area contributed by atoms with E-state index in [1.54, 1.807) is 11.8 Å². The zero-order valence-electron chi connectivity index (χ0n) is 11.6. The lowest BCUT2D eigenvalue weighted by molar-refractivity contribution is 0.382. The summed E-state index contributed by atoms with van der Waals surface area (Å²) in [5.41, 5.74) is 0.110. The van der Waals surface area contributed by atoms with Gasteiger partial charge in [0.25, 0.3) is 0 Å². The Kier molecular flexibility index (Phi) is 4.66. The average Bonchev–Trinajstić information content (AvgIpc) is 2.82. The number of pyridine rings is 1. The maximum atomic E-state index is 5.80. The topological polar surface area (TPSA) is 38.1 Å². The molecule has 0 unspecified atom stereocenters. The maximum absolute atomic E-state index is 5.80. The van der Waals surface area contributed by atoms with Crippen LogP contribution in [0.15, 0.2) is 46.0 Å². The second-order valence-corrected chi connectivity index (χ2v) is 6.49. The van der Waals surface area contributed by atoms with Crippen LogP contribution in [0.5, 0.6) is 0 Å². The molecule has 0 aliphatic rings. The van der Waals surface area contributed by atoms with Gasteiger partial charge in [-0.2, -0.15) is 0 Å². The van der Waals surface area contributed by atoms with Gasteiger partial charge in [-0.15, -0.1) is 11.8 Å². The molecule has 1 N–H and O–H groups in total. The molecule has 3 nitrogen and oxygen atoms in total. The van der Waals surface area contributed by atoms with Crippen LogP contribution >= 0.6 is 11.8 Å². The number of rotatable bonds is 5. The predicted molar refractivity (Wildman–Crippen MR) is 79.1 cm³/mol. The molecular formula is C15H20N2OS. The van der Waals surface area contributed by atoms with Crippen LogP contribution in [0, 0.1) is 0 Å². The smallest absolute Gasteiger partial charge is 0.118 e. The molecule has 19 heavy (non-hydrogen) atoms. The number of nitrogens with one attached hydrogen (secondary N) is 1. The van der Waals surface area contributed by atoms with Gasteiger partial charge in [0.15, 0.2) is 0 Å². The second-order valence-electron chi connectivity index (χ2n) is 5.44. The van der Waals surface area contributed by atoms with E-state index < -0.39 is 0 Å². The molecule has 0 aromatic carbocycles. The quantitative estimate of drug-likeness (QED) is 0.842. The van der Waals surface area contributed by atoms with E-state index in [-0.39, 0.29) is 5.54 Å². The minimum atomic E-state index is 0.110. The van der Waals surface area contributed by atoms with E-state index >= 15 is 0 Å². The highest BCUT2D eigenvalue weighted by atomic mass is 32.2. The molecule has 0 aliphatic heterocycles. The van der Waals surface area contributed by atoms with Crippen LogP contribution in [-0.4, -0.2) is 10.5 Å². The Labute approximate surface area is 118 Å². The molecule has 0 atom stereocenters. The molecule has 0 saturated carbocycles. The van der Waals surface area contributed by atoms with Crippen molar-refractivity contribution < 1.29 is 4.42 Å². The molecule has 2 aromatic heterocycles. The van der Waals surface area contributed by atoms with Crippen molar-refractivity contribution in [3.8, 4) is 0 Å². The molecule has 0 amide bonds. The lowest BCUT2D eigenvalue weighted by Gasteiger charge is -2.19. The fraction of sp³-hybridized carbons (Fsp3) is 0.400. The Morgan fingerprint density at radius 2 is 1.79 bits per heavy atom. The first kappa shape index (κ1) is 14.2. The first-order valence-electron chi connectivity index (χ1n) is 6.38. The summed E-state index contributed by atoms with van der Waals surface area (Å²) in [5.74, 6) is 2.84. The third-order valence-electron chi connectivity index (χ3n) is 2.54. The third-order valence-corrected chi connectivity index (χ3v) is 3.58. The normalized spacial score (nSPS) is 11.7. The third kappa shape index (κ3) is 5.09. The molecule has 0 spiro atoms. The van der Waals surface area contributed by atoms with E-state index in [9.17, 15) is 0 Å². The van der Waals surface area contributed by atoms with E-state index in [0.29, 0.717) is 0 Å². The summed E-state index contributed by atoms with van der Waals surface area (Å²) in [5, 5.41) is 3.42. The van der Waals surface area contributed by atoms with Crippen LogP contribution in [0.3, 0.4) is 0 Å². The Balaban J connectivity index is 1.84. The van der Waals surface area contributed by atoms with Crippen LogP contribution in [0.25, 0.3) is 0 Å². The van der Waals surface area contributed by atoms with Gasteiger partial charge in [0.2, 0.25) is 0 Å². The first-order valence-corrected chi connectivity index (χ1v) is 7.37. The lowest BCUT2D eigenvalue weighted by atomic mass is 10.1. The molecule has 102 valence electrons. The van der Waals surface area contributed by atoms with Crippen molar-refractivity contribution in [2.45, 2.75) is 43.5 Å². The second kappa shape index (κ2) is 6.26. The lowest BCUT2D eigenvalue weighted by Crippen LogP contribution is -2.34. The van der Waals surface area contributed by atoms with E-state index in [2.05, 4.69) is 31.1 Å². The SMILES string of the molecule is CC(C)(C)NCc1ccc(CSc2ccncc2)o1.